The van der Waals surface area contributed by atoms with Gasteiger partial charge in [-0.2, -0.15) is 0 Å². The summed E-state index contributed by atoms with van der Waals surface area (Å²) in [7, 11) is 0. The molecule has 3 nitrogen and oxygen atoms in total. The molecule has 2 aromatic rings. The van der Waals surface area contributed by atoms with Crippen LogP contribution in [-0.2, 0) is 11.8 Å². The molecule has 0 spiro atoms. The smallest absolute Gasteiger partial charge is 0.254 e. The van der Waals surface area contributed by atoms with Gasteiger partial charge >= 0.3 is 0 Å². The van der Waals surface area contributed by atoms with E-state index in [0.29, 0.717) is 13.0 Å². The highest BCUT2D eigenvalue weighted by molar-refractivity contribution is 5.94. The average molecular weight is 387 g/mol. The lowest BCUT2D eigenvalue weighted by atomic mass is 9.55. The fourth-order valence-corrected chi connectivity index (χ4v) is 4.40. The van der Waals surface area contributed by atoms with E-state index < -0.39 is 23.3 Å². The van der Waals surface area contributed by atoms with E-state index in [2.05, 4.69) is 39.8 Å². The second kappa shape index (κ2) is 6.87. The van der Waals surface area contributed by atoms with E-state index in [9.17, 15) is 18.7 Å². The summed E-state index contributed by atoms with van der Waals surface area (Å²) in [6.07, 6.45) is 0.676. The van der Waals surface area contributed by atoms with E-state index >= 15 is 0 Å². The van der Waals surface area contributed by atoms with Crippen LogP contribution in [0.15, 0.2) is 36.4 Å². The van der Waals surface area contributed by atoms with Crippen LogP contribution < -0.4 is 0 Å². The highest BCUT2D eigenvalue weighted by atomic mass is 19.1. The first-order valence-electron chi connectivity index (χ1n) is 9.59. The number of nitrogens with zero attached hydrogens (tertiary/aromatic N) is 1. The molecule has 0 aromatic heterocycles. The number of hydrogen-bond acceptors (Lipinski definition) is 2. The van der Waals surface area contributed by atoms with Gasteiger partial charge in [-0.15, -0.1) is 0 Å². The van der Waals surface area contributed by atoms with Crippen molar-refractivity contribution in [2.45, 2.75) is 52.5 Å². The first-order chi connectivity index (χ1) is 13.0. The number of carbonyl (C=O) groups is 1. The summed E-state index contributed by atoms with van der Waals surface area (Å²) in [6.45, 7) is 10.9. The van der Waals surface area contributed by atoms with Gasteiger partial charge in [-0.25, -0.2) is 8.78 Å². The van der Waals surface area contributed by atoms with Crippen LogP contribution in [0.5, 0.6) is 5.75 Å². The average Bonchev–Trinajstić information content (AvgIpc) is 2.64. The minimum Gasteiger partial charge on any atom is -0.503 e. The second-order valence-electron chi connectivity index (χ2n) is 8.60. The van der Waals surface area contributed by atoms with Crippen LogP contribution >= 0.6 is 0 Å². The van der Waals surface area contributed by atoms with E-state index in [1.165, 1.54) is 11.1 Å². The lowest BCUT2D eigenvalue weighted by Crippen LogP contribution is -2.58. The van der Waals surface area contributed by atoms with E-state index in [-0.39, 0.29) is 22.4 Å². The van der Waals surface area contributed by atoms with Crippen LogP contribution in [0.3, 0.4) is 0 Å². The number of benzene rings is 2. The second-order valence-corrected chi connectivity index (χ2v) is 8.60. The van der Waals surface area contributed by atoms with E-state index in [1.54, 1.807) is 4.90 Å². The summed E-state index contributed by atoms with van der Waals surface area (Å²) in [5.74, 6) is -3.76. The third kappa shape index (κ3) is 2.97. The quantitative estimate of drug-likeness (QED) is 0.800. The molecular weight excluding hydrogens is 360 g/mol. The number of likely N-dealkylation sites (N-methyl/N-ethyl adjacent to an activating group) is 1. The third-order valence-corrected chi connectivity index (χ3v) is 6.79. The number of rotatable bonds is 3. The molecule has 1 amide bonds. The maximum Gasteiger partial charge on any atom is 0.254 e. The first-order valence-corrected chi connectivity index (χ1v) is 9.59. The van der Waals surface area contributed by atoms with E-state index in [1.807, 2.05) is 19.1 Å². The zero-order chi connectivity index (χ0) is 20.9. The summed E-state index contributed by atoms with van der Waals surface area (Å²) in [6, 6.07) is 9.90. The molecule has 3 rings (SSSR count). The van der Waals surface area contributed by atoms with Crippen molar-refractivity contribution >= 4 is 5.91 Å². The maximum atomic E-state index is 13.8. The standard InChI is InChI=1S/C23H27F2NO2/c1-6-26(21(28)15-11-17(24)20(27)18(25)12-15)19-13-14-9-7-8-10-16(14)22(2,3)23(19,4)5/h7-12,19,27H,6,13H2,1-5H3/t19-/m1/s1. The Balaban J connectivity index is 2.06. The van der Waals surface area contributed by atoms with Gasteiger partial charge in [-0.1, -0.05) is 52.0 Å². The molecular formula is C23H27F2NO2. The number of phenols is 1. The topological polar surface area (TPSA) is 40.5 Å². The molecule has 28 heavy (non-hydrogen) atoms. The van der Waals surface area contributed by atoms with Gasteiger partial charge in [0, 0.05) is 18.2 Å². The molecule has 1 aliphatic rings. The lowest BCUT2D eigenvalue weighted by Gasteiger charge is -2.55. The van der Waals surface area contributed by atoms with Crippen molar-refractivity contribution in [3.63, 3.8) is 0 Å². The molecule has 150 valence electrons. The number of aromatic hydroxyl groups is 1. The molecule has 0 aliphatic heterocycles. The van der Waals surface area contributed by atoms with Crippen molar-refractivity contribution in [2.75, 3.05) is 6.54 Å². The van der Waals surface area contributed by atoms with Crippen LogP contribution in [-0.4, -0.2) is 28.5 Å². The molecule has 0 bridgehead atoms. The van der Waals surface area contributed by atoms with Crippen LogP contribution in [0.4, 0.5) is 8.78 Å². The Morgan fingerprint density at radius 3 is 2.29 bits per heavy atom. The predicted octanol–water partition coefficient (Wildman–Crippen LogP) is 5.06. The highest BCUT2D eigenvalue weighted by Crippen LogP contribution is 2.51. The Hall–Kier alpha value is -2.43. The monoisotopic (exact) mass is 387 g/mol. The molecule has 0 unspecified atom stereocenters. The SMILES string of the molecule is CCN(C(=O)c1cc(F)c(O)c(F)c1)[C@@H]1Cc2ccccc2C(C)(C)C1(C)C. The zero-order valence-corrected chi connectivity index (χ0v) is 17.0. The Bertz CT molecular complexity index is 898. The summed E-state index contributed by atoms with van der Waals surface area (Å²) < 4.78 is 27.6. The van der Waals surface area contributed by atoms with E-state index in [4.69, 9.17) is 0 Å². The summed E-state index contributed by atoms with van der Waals surface area (Å²) in [5.41, 5.74) is 1.88. The van der Waals surface area contributed by atoms with Gasteiger partial charge in [0.25, 0.3) is 5.91 Å². The molecule has 2 aromatic carbocycles. The zero-order valence-electron chi connectivity index (χ0n) is 17.0. The lowest BCUT2D eigenvalue weighted by molar-refractivity contribution is 0.0214. The van der Waals surface area contributed by atoms with Crippen molar-refractivity contribution in [3.05, 3.63) is 64.7 Å². The Kier molecular flexibility index (Phi) is 4.98. The van der Waals surface area contributed by atoms with Gasteiger partial charge in [0.15, 0.2) is 17.4 Å². The molecule has 0 heterocycles. The summed E-state index contributed by atoms with van der Waals surface area (Å²) in [5, 5.41) is 9.34. The van der Waals surface area contributed by atoms with Crippen LogP contribution in [0.2, 0.25) is 0 Å². The first kappa shape index (κ1) is 20.3. The number of amides is 1. The van der Waals surface area contributed by atoms with Crippen molar-refractivity contribution in [2.24, 2.45) is 5.41 Å². The van der Waals surface area contributed by atoms with Crippen LogP contribution in [0.25, 0.3) is 0 Å². The number of hydrogen-bond donors (Lipinski definition) is 1. The fourth-order valence-electron chi connectivity index (χ4n) is 4.40. The van der Waals surface area contributed by atoms with Gasteiger partial charge in [0.2, 0.25) is 0 Å². The number of fused-ring (bicyclic) bond motifs is 1. The summed E-state index contributed by atoms with van der Waals surface area (Å²) >= 11 is 0. The molecule has 1 aliphatic carbocycles. The minimum absolute atomic E-state index is 0.0953. The van der Waals surface area contributed by atoms with Gasteiger partial charge in [0.05, 0.1) is 0 Å². The molecule has 1 atom stereocenters. The summed E-state index contributed by atoms with van der Waals surface area (Å²) in [4.78, 5) is 14.9. The molecule has 0 saturated heterocycles. The predicted molar refractivity (Wildman–Crippen MR) is 105 cm³/mol. The van der Waals surface area contributed by atoms with Gasteiger partial charge in [-0.3, -0.25) is 4.79 Å². The van der Waals surface area contributed by atoms with Crippen molar-refractivity contribution in [3.8, 4) is 5.75 Å². The van der Waals surface area contributed by atoms with Gasteiger partial charge in [0.1, 0.15) is 0 Å². The molecule has 1 N–H and O–H groups in total. The Morgan fingerprint density at radius 2 is 1.71 bits per heavy atom. The Morgan fingerprint density at radius 1 is 1.14 bits per heavy atom. The van der Waals surface area contributed by atoms with Crippen LogP contribution in [0, 0.1) is 17.0 Å². The maximum absolute atomic E-state index is 13.8. The largest absolute Gasteiger partial charge is 0.503 e. The Labute approximate surface area is 165 Å². The van der Waals surface area contributed by atoms with Crippen LogP contribution in [0.1, 0.15) is 56.1 Å². The molecule has 0 fully saturated rings. The van der Waals surface area contributed by atoms with Crippen molar-refractivity contribution in [1.29, 1.82) is 0 Å². The molecule has 0 saturated carbocycles. The van der Waals surface area contributed by atoms with Gasteiger partial charge < -0.3 is 10.0 Å². The number of halogens is 2. The molecule has 0 radical (unpaired) electrons. The number of phenolic OH excluding ortho intramolecular Hbond substituents is 1. The molecule has 5 heteroatoms. The van der Waals surface area contributed by atoms with Crippen molar-refractivity contribution < 1.29 is 18.7 Å². The minimum atomic E-state index is -1.13. The third-order valence-electron chi connectivity index (χ3n) is 6.79. The van der Waals surface area contributed by atoms with Gasteiger partial charge in [-0.05, 0) is 47.4 Å². The number of carbonyl (C=O) groups excluding carboxylic acids is 1. The van der Waals surface area contributed by atoms with Crippen molar-refractivity contribution in [1.82, 2.24) is 4.90 Å². The van der Waals surface area contributed by atoms with E-state index in [0.717, 1.165) is 12.1 Å². The highest BCUT2D eigenvalue weighted by Gasteiger charge is 2.51. The normalized spacial score (nSPS) is 19.8. The fraction of sp³-hybridized carbons (Fsp3) is 0.435.